The van der Waals surface area contributed by atoms with Crippen LogP contribution < -0.4 is 14.7 Å². The van der Waals surface area contributed by atoms with Gasteiger partial charge in [0, 0.05) is 31.9 Å². The number of aryl methyl sites for hydroxylation is 1. The number of rotatable bonds is 6. The molecule has 1 amide bonds. The predicted octanol–water partition coefficient (Wildman–Crippen LogP) is 0.449. The largest absolute Gasteiger partial charge is 0.368 e. The van der Waals surface area contributed by atoms with Crippen molar-refractivity contribution in [1.29, 1.82) is 0 Å². The van der Waals surface area contributed by atoms with Crippen LogP contribution in [0.25, 0.3) is 6.08 Å². The molecule has 2 aliphatic heterocycles. The van der Waals surface area contributed by atoms with Crippen molar-refractivity contribution < 1.29 is 14.6 Å². The van der Waals surface area contributed by atoms with Crippen LogP contribution in [0.1, 0.15) is 16.7 Å². The van der Waals surface area contributed by atoms with Crippen molar-refractivity contribution in [3.63, 3.8) is 0 Å². The molecular formula is C27H38N4O+2. The summed E-state index contributed by atoms with van der Waals surface area (Å²) in [7, 11) is 0. The number of hydrogen-bond acceptors (Lipinski definition) is 2. The van der Waals surface area contributed by atoms with E-state index in [-0.39, 0.29) is 0 Å². The fourth-order valence-corrected chi connectivity index (χ4v) is 4.86. The number of amides is 1. The summed E-state index contributed by atoms with van der Waals surface area (Å²) in [5.74, 6) is 0.327. The molecule has 2 N–H and O–H groups in total. The Morgan fingerprint density at radius 1 is 0.875 bits per heavy atom. The summed E-state index contributed by atoms with van der Waals surface area (Å²) < 4.78 is 0. The lowest BCUT2D eigenvalue weighted by atomic mass is 10.1. The van der Waals surface area contributed by atoms with Gasteiger partial charge in [-0.05, 0) is 42.7 Å². The number of nitrogens with one attached hydrogen (secondary N) is 2. The van der Waals surface area contributed by atoms with Crippen LogP contribution in [0, 0.1) is 13.8 Å². The van der Waals surface area contributed by atoms with E-state index in [4.69, 9.17) is 0 Å². The van der Waals surface area contributed by atoms with Crippen molar-refractivity contribution in [3.05, 3.63) is 71.3 Å². The molecule has 170 valence electrons. The molecule has 5 nitrogen and oxygen atoms in total. The maximum absolute atomic E-state index is 12.9. The molecule has 2 aliphatic rings. The molecule has 0 saturated carbocycles. The molecular weight excluding hydrogens is 396 g/mol. The van der Waals surface area contributed by atoms with E-state index in [1.807, 2.05) is 0 Å². The number of anilines is 1. The molecule has 2 saturated heterocycles. The molecule has 0 unspecified atom stereocenters. The standard InChI is InChI=1S/C27H36N4O/c1-23-8-6-12-26(24(23)2)30-18-20-31(21-19-30)27(32)22-29-16-14-28(15-17-29)13-7-11-25-9-4-3-5-10-25/h3-12H,13-22H2,1-2H3/p+2/b11-7+. The fourth-order valence-electron chi connectivity index (χ4n) is 4.86. The summed E-state index contributed by atoms with van der Waals surface area (Å²) in [4.78, 5) is 20.5. The molecule has 5 heteroatoms. The van der Waals surface area contributed by atoms with Gasteiger partial charge in [0.2, 0.25) is 0 Å². The molecule has 4 rings (SSSR count). The Kier molecular flexibility index (Phi) is 7.61. The van der Waals surface area contributed by atoms with E-state index in [0.717, 1.165) is 58.9 Å². The van der Waals surface area contributed by atoms with Crippen LogP contribution in [-0.2, 0) is 4.79 Å². The van der Waals surface area contributed by atoms with Crippen LogP contribution in [0.2, 0.25) is 0 Å². The van der Waals surface area contributed by atoms with Gasteiger partial charge in [0.1, 0.15) is 26.2 Å². The van der Waals surface area contributed by atoms with Crippen molar-refractivity contribution in [1.82, 2.24) is 4.90 Å². The van der Waals surface area contributed by atoms with E-state index >= 15 is 0 Å². The van der Waals surface area contributed by atoms with Gasteiger partial charge in [-0.1, -0.05) is 48.5 Å². The van der Waals surface area contributed by atoms with Gasteiger partial charge in [-0.25, -0.2) is 0 Å². The quantitative estimate of drug-likeness (QED) is 0.692. The highest BCUT2D eigenvalue weighted by Gasteiger charge is 2.28. The van der Waals surface area contributed by atoms with Crippen LogP contribution in [-0.4, -0.2) is 76.3 Å². The first-order valence-corrected chi connectivity index (χ1v) is 12.1. The van der Waals surface area contributed by atoms with Crippen LogP contribution >= 0.6 is 0 Å². The highest BCUT2D eigenvalue weighted by Crippen LogP contribution is 2.23. The van der Waals surface area contributed by atoms with Crippen LogP contribution in [0.3, 0.4) is 0 Å². The first kappa shape index (κ1) is 22.6. The van der Waals surface area contributed by atoms with Crippen molar-refractivity contribution in [3.8, 4) is 0 Å². The monoisotopic (exact) mass is 434 g/mol. The highest BCUT2D eigenvalue weighted by molar-refractivity contribution is 5.77. The zero-order valence-electron chi connectivity index (χ0n) is 19.6. The zero-order valence-corrected chi connectivity index (χ0v) is 19.6. The Hall–Kier alpha value is -2.63. The second-order valence-electron chi connectivity index (χ2n) is 9.28. The van der Waals surface area contributed by atoms with Crippen molar-refractivity contribution in [2.45, 2.75) is 13.8 Å². The summed E-state index contributed by atoms with van der Waals surface area (Å²) in [5.41, 5.74) is 5.28. The minimum atomic E-state index is 0.327. The average Bonchev–Trinajstić information content (AvgIpc) is 2.83. The van der Waals surface area contributed by atoms with E-state index in [1.54, 1.807) is 4.90 Å². The van der Waals surface area contributed by atoms with Crippen molar-refractivity contribution in [2.24, 2.45) is 0 Å². The summed E-state index contributed by atoms with van der Waals surface area (Å²) in [6.45, 7) is 14.1. The number of hydrogen-bond donors (Lipinski definition) is 2. The minimum Gasteiger partial charge on any atom is -0.368 e. The predicted molar refractivity (Wildman–Crippen MR) is 131 cm³/mol. The van der Waals surface area contributed by atoms with Gasteiger partial charge in [0.05, 0.1) is 6.54 Å². The Morgan fingerprint density at radius 2 is 1.56 bits per heavy atom. The van der Waals surface area contributed by atoms with Gasteiger partial charge < -0.3 is 19.6 Å². The molecule has 0 radical (unpaired) electrons. The van der Waals surface area contributed by atoms with Gasteiger partial charge in [-0.2, -0.15) is 0 Å². The molecule has 0 aromatic heterocycles. The van der Waals surface area contributed by atoms with Crippen molar-refractivity contribution >= 4 is 17.7 Å². The number of benzene rings is 2. The van der Waals surface area contributed by atoms with Crippen molar-refractivity contribution in [2.75, 3.05) is 70.3 Å². The lowest BCUT2D eigenvalue weighted by molar-refractivity contribution is -1.01. The maximum Gasteiger partial charge on any atom is 0.277 e. The van der Waals surface area contributed by atoms with E-state index in [1.165, 1.54) is 27.3 Å². The van der Waals surface area contributed by atoms with E-state index in [9.17, 15) is 4.79 Å². The molecule has 2 aromatic carbocycles. The normalized spacial score (nSPS) is 21.8. The number of carbonyl (C=O) groups excluding carboxylic acids is 1. The van der Waals surface area contributed by atoms with Gasteiger partial charge in [-0.3, -0.25) is 4.79 Å². The summed E-state index contributed by atoms with van der Waals surface area (Å²) in [5, 5.41) is 0. The minimum absolute atomic E-state index is 0.327. The third-order valence-electron chi connectivity index (χ3n) is 7.13. The molecule has 0 bridgehead atoms. The molecule has 2 fully saturated rings. The Labute approximate surface area is 192 Å². The van der Waals surface area contributed by atoms with E-state index in [2.05, 4.69) is 84.3 Å². The average molecular weight is 435 g/mol. The van der Waals surface area contributed by atoms with Gasteiger partial charge in [-0.15, -0.1) is 0 Å². The lowest BCUT2D eigenvalue weighted by Crippen LogP contribution is -3.28. The first-order chi connectivity index (χ1) is 15.6. The molecule has 0 atom stereocenters. The zero-order chi connectivity index (χ0) is 22.3. The van der Waals surface area contributed by atoms with Gasteiger partial charge in [0.25, 0.3) is 5.91 Å². The SMILES string of the molecule is Cc1cccc(N2CCN(C(=O)C[NH+]3CC[NH+](C/C=C/c4ccccc4)CC3)CC2)c1C. The topological polar surface area (TPSA) is 32.4 Å². The number of quaternary nitrogens is 2. The Bertz CT molecular complexity index is 911. The summed E-state index contributed by atoms with van der Waals surface area (Å²) in [6.07, 6.45) is 4.50. The van der Waals surface area contributed by atoms with Gasteiger partial charge >= 0.3 is 0 Å². The molecule has 0 aliphatic carbocycles. The third-order valence-corrected chi connectivity index (χ3v) is 7.13. The maximum atomic E-state index is 12.9. The molecule has 32 heavy (non-hydrogen) atoms. The van der Waals surface area contributed by atoms with E-state index < -0.39 is 0 Å². The number of carbonyl (C=O) groups is 1. The number of nitrogens with zero attached hydrogens (tertiary/aromatic N) is 2. The first-order valence-electron chi connectivity index (χ1n) is 12.1. The molecule has 2 aromatic rings. The highest BCUT2D eigenvalue weighted by atomic mass is 16.2. The van der Waals surface area contributed by atoms with Crippen LogP contribution in [0.4, 0.5) is 5.69 Å². The molecule has 2 heterocycles. The Morgan fingerprint density at radius 3 is 2.28 bits per heavy atom. The number of piperazine rings is 2. The van der Waals surface area contributed by atoms with Crippen LogP contribution in [0.15, 0.2) is 54.6 Å². The van der Waals surface area contributed by atoms with E-state index in [0.29, 0.717) is 12.5 Å². The lowest BCUT2D eigenvalue weighted by Gasteiger charge is -2.37. The fraction of sp³-hybridized carbons (Fsp3) is 0.444. The smallest absolute Gasteiger partial charge is 0.277 e. The summed E-state index contributed by atoms with van der Waals surface area (Å²) in [6, 6.07) is 17.0. The summed E-state index contributed by atoms with van der Waals surface area (Å²) >= 11 is 0. The van der Waals surface area contributed by atoms with Gasteiger partial charge in [0.15, 0.2) is 6.54 Å². The third kappa shape index (κ3) is 5.78. The second-order valence-corrected chi connectivity index (χ2v) is 9.28. The van der Waals surface area contributed by atoms with Crippen LogP contribution in [0.5, 0.6) is 0 Å². The Balaban J connectivity index is 1.18. The molecule has 0 spiro atoms. The second kappa shape index (κ2) is 10.8.